The van der Waals surface area contributed by atoms with Crippen molar-refractivity contribution in [2.24, 2.45) is 4.99 Å². The van der Waals surface area contributed by atoms with Crippen LogP contribution in [0.4, 0.5) is 5.69 Å². The van der Waals surface area contributed by atoms with Gasteiger partial charge in [0.15, 0.2) is 5.78 Å². The minimum atomic E-state index is -0.365. The molecule has 0 saturated carbocycles. The van der Waals surface area contributed by atoms with Gasteiger partial charge in [-0.1, -0.05) is 58.4 Å². The Bertz CT molecular complexity index is 1030. The number of para-hydroxylation sites is 1. The number of aliphatic imine (C=N–C) groups is 1. The van der Waals surface area contributed by atoms with E-state index in [-0.39, 0.29) is 24.0 Å². The predicted molar refractivity (Wildman–Crippen MR) is 113 cm³/mol. The lowest BCUT2D eigenvalue weighted by Crippen LogP contribution is -2.17. The Hall–Kier alpha value is -3.25. The first-order chi connectivity index (χ1) is 13.5. The molecule has 2 N–H and O–H groups in total. The number of nitrogens with zero attached hydrogens (tertiary/aromatic N) is 1. The number of nitrogens with one attached hydrogen (secondary N) is 1. The Morgan fingerprint density at radius 3 is 2.46 bits per heavy atom. The van der Waals surface area contributed by atoms with Crippen molar-refractivity contribution in [3.63, 3.8) is 0 Å². The number of benzene rings is 3. The SMILES string of the molecule is O=C(CN=Cc1ccccc1O)Nc1ccc(Br)cc1C(=O)c1ccccc1. The summed E-state index contributed by atoms with van der Waals surface area (Å²) in [5, 5.41) is 12.4. The van der Waals surface area contributed by atoms with Gasteiger partial charge >= 0.3 is 0 Å². The number of hydrogen-bond acceptors (Lipinski definition) is 4. The number of halogens is 1. The highest BCUT2D eigenvalue weighted by Gasteiger charge is 2.15. The fourth-order valence-electron chi connectivity index (χ4n) is 2.57. The molecule has 28 heavy (non-hydrogen) atoms. The highest BCUT2D eigenvalue weighted by atomic mass is 79.9. The van der Waals surface area contributed by atoms with Crippen LogP contribution in [0.3, 0.4) is 0 Å². The first-order valence-electron chi connectivity index (χ1n) is 8.51. The lowest BCUT2D eigenvalue weighted by Gasteiger charge is -2.10. The Morgan fingerprint density at radius 2 is 1.71 bits per heavy atom. The molecule has 1 amide bonds. The van der Waals surface area contributed by atoms with Crippen LogP contribution in [0.15, 0.2) is 82.3 Å². The second-order valence-electron chi connectivity index (χ2n) is 5.96. The van der Waals surface area contributed by atoms with E-state index >= 15 is 0 Å². The van der Waals surface area contributed by atoms with Crippen molar-refractivity contribution in [3.05, 3.63) is 94.0 Å². The normalized spacial score (nSPS) is 10.8. The number of phenols is 1. The number of phenolic OH excluding ortho intramolecular Hbond substituents is 1. The van der Waals surface area contributed by atoms with E-state index in [0.29, 0.717) is 22.4 Å². The summed E-state index contributed by atoms with van der Waals surface area (Å²) in [6.07, 6.45) is 1.44. The van der Waals surface area contributed by atoms with Crippen molar-refractivity contribution < 1.29 is 14.7 Å². The quantitative estimate of drug-likeness (QED) is 0.442. The number of carbonyl (C=O) groups is 2. The van der Waals surface area contributed by atoms with E-state index in [0.717, 1.165) is 4.47 Å². The molecule has 0 radical (unpaired) electrons. The minimum Gasteiger partial charge on any atom is -0.507 e. The molecular formula is C22H17BrN2O3. The molecular weight excluding hydrogens is 420 g/mol. The largest absolute Gasteiger partial charge is 0.507 e. The lowest BCUT2D eigenvalue weighted by atomic mass is 10.0. The molecule has 0 fully saturated rings. The molecule has 3 rings (SSSR count). The van der Waals surface area contributed by atoms with E-state index < -0.39 is 0 Å². The van der Waals surface area contributed by atoms with Crippen molar-refractivity contribution in [3.8, 4) is 5.75 Å². The van der Waals surface area contributed by atoms with Gasteiger partial charge in [-0.3, -0.25) is 14.6 Å². The van der Waals surface area contributed by atoms with Crippen LogP contribution >= 0.6 is 15.9 Å². The molecule has 5 nitrogen and oxygen atoms in total. The number of carbonyl (C=O) groups excluding carboxylic acids is 2. The first-order valence-corrected chi connectivity index (χ1v) is 9.31. The van der Waals surface area contributed by atoms with E-state index in [1.54, 1.807) is 66.7 Å². The van der Waals surface area contributed by atoms with E-state index in [4.69, 9.17) is 0 Å². The molecule has 3 aromatic rings. The maximum Gasteiger partial charge on any atom is 0.246 e. The van der Waals surface area contributed by atoms with Crippen molar-refractivity contribution in [2.75, 3.05) is 11.9 Å². The van der Waals surface area contributed by atoms with Gasteiger partial charge in [0, 0.05) is 27.4 Å². The van der Waals surface area contributed by atoms with Crippen LogP contribution < -0.4 is 5.32 Å². The second kappa shape index (κ2) is 9.10. The third kappa shape index (κ3) is 4.92. The molecule has 140 valence electrons. The maximum atomic E-state index is 12.8. The number of rotatable bonds is 6. The third-order valence-corrected chi connectivity index (χ3v) is 4.43. The van der Waals surface area contributed by atoms with Crippen LogP contribution in [0.5, 0.6) is 5.75 Å². The van der Waals surface area contributed by atoms with Gasteiger partial charge in [-0.2, -0.15) is 0 Å². The Kier molecular flexibility index (Phi) is 6.34. The molecule has 0 bridgehead atoms. The van der Waals surface area contributed by atoms with E-state index in [1.165, 1.54) is 6.21 Å². The van der Waals surface area contributed by atoms with Crippen LogP contribution in [-0.4, -0.2) is 29.6 Å². The minimum absolute atomic E-state index is 0.0929. The summed E-state index contributed by atoms with van der Waals surface area (Å²) >= 11 is 3.37. The van der Waals surface area contributed by atoms with Gasteiger partial charge in [0.05, 0.1) is 5.69 Å². The standard InChI is InChI=1S/C22H17BrN2O3/c23-17-10-11-19(18(12-17)22(28)15-6-2-1-3-7-15)25-21(27)14-24-13-16-8-4-5-9-20(16)26/h1-13,26H,14H2,(H,25,27). The Labute approximate surface area is 170 Å². The average Bonchev–Trinajstić information content (AvgIpc) is 2.71. The summed E-state index contributed by atoms with van der Waals surface area (Å²) in [5.74, 6) is -0.457. The molecule has 0 heterocycles. The van der Waals surface area contributed by atoms with Gasteiger partial charge < -0.3 is 10.4 Å². The second-order valence-corrected chi connectivity index (χ2v) is 6.88. The molecule has 0 unspecified atom stereocenters. The number of anilines is 1. The number of ketones is 1. The fraction of sp³-hybridized carbons (Fsp3) is 0.0455. The topological polar surface area (TPSA) is 78.8 Å². The van der Waals surface area contributed by atoms with Crippen LogP contribution in [0.2, 0.25) is 0 Å². The molecule has 0 aromatic heterocycles. The fourth-order valence-corrected chi connectivity index (χ4v) is 2.93. The number of aromatic hydroxyl groups is 1. The molecule has 0 aliphatic heterocycles. The average molecular weight is 437 g/mol. The third-order valence-electron chi connectivity index (χ3n) is 3.94. The van der Waals surface area contributed by atoms with E-state index in [1.807, 2.05) is 6.07 Å². The number of amides is 1. The molecule has 0 spiro atoms. The molecule has 0 aliphatic carbocycles. The van der Waals surface area contributed by atoms with Crippen LogP contribution in [0.1, 0.15) is 21.5 Å². The maximum absolute atomic E-state index is 12.8. The zero-order chi connectivity index (χ0) is 19.9. The van der Waals surface area contributed by atoms with Crippen LogP contribution in [-0.2, 0) is 4.79 Å². The highest BCUT2D eigenvalue weighted by molar-refractivity contribution is 9.10. The molecule has 3 aromatic carbocycles. The summed E-state index contributed by atoms with van der Waals surface area (Å²) in [6, 6.07) is 20.7. The van der Waals surface area contributed by atoms with Crippen molar-refractivity contribution in [1.82, 2.24) is 0 Å². The van der Waals surface area contributed by atoms with Crippen molar-refractivity contribution in [1.29, 1.82) is 0 Å². The Balaban J connectivity index is 1.74. The highest BCUT2D eigenvalue weighted by Crippen LogP contribution is 2.24. The molecule has 0 atom stereocenters. The van der Waals surface area contributed by atoms with Crippen LogP contribution in [0.25, 0.3) is 0 Å². The van der Waals surface area contributed by atoms with E-state index in [2.05, 4.69) is 26.2 Å². The van der Waals surface area contributed by atoms with Crippen molar-refractivity contribution >= 4 is 39.5 Å². The zero-order valence-electron chi connectivity index (χ0n) is 14.8. The summed E-state index contributed by atoms with van der Waals surface area (Å²) in [6.45, 7) is -0.136. The summed E-state index contributed by atoms with van der Waals surface area (Å²) < 4.78 is 0.738. The van der Waals surface area contributed by atoms with E-state index in [9.17, 15) is 14.7 Å². The molecule has 6 heteroatoms. The Morgan fingerprint density at radius 1 is 1.00 bits per heavy atom. The van der Waals surface area contributed by atoms with Crippen molar-refractivity contribution in [2.45, 2.75) is 0 Å². The zero-order valence-corrected chi connectivity index (χ0v) is 16.4. The summed E-state index contributed by atoms with van der Waals surface area (Å²) in [4.78, 5) is 29.1. The smallest absolute Gasteiger partial charge is 0.246 e. The van der Waals surface area contributed by atoms with Gasteiger partial charge in [-0.15, -0.1) is 0 Å². The van der Waals surface area contributed by atoms with Gasteiger partial charge in [-0.25, -0.2) is 0 Å². The lowest BCUT2D eigenvalue weighted by molar-refractivity contribution is -0.114. The molecule has 0 saturated heterocycles. The van der Waals surface area contributed by atoms with Crippen LogP contribution in [0, 0.1) is 0 Å². The first kappa shape index (κ1) is 19.5. The monoisotopic (exact) mass is 436 g/mol. The van der Waals surface area contributed by atoms with Gasteiger partial charge in [-0.05, 0) is 30.3 Å². The van der Waals surface area contributed by atoms with Gasteiger partial charge in [0.1, 0.15) is 12.3 Å². The molecule has 0 aliphatic rings. The summed E-state index contributed by atoms with van der Waals surface area (Å²) in [7, 11) is 0. The van der Waals surface area contributed by atoms with Gasteiger partial charge in [0.25, 0.3) is 0 Å². The number of hydrogen-bond donors (Lipinski definition) is 2. The predicted octanol–water partition coefficient (Wildman–Crippen LogP) is 4.44. The summed E-state index contributed by atoms with van der Waals surface area (Å²) in [5.41, 5.74) is 1.87. The van der Waals surface area contributed by atoms with Gasteiger partial charge in [0.2, 0.25) is 5.91 Å².